The first-order chi connectivity index (χ1) is 9.70. The minimum atomic E-state index is -4.38. The van der Waals surface area contributed by atoms with Crippen molar-refractivity contribution in [1.29, 1.82) is 0 Å². The molecule has 0 heterocycles. The summed E-state index contributed by atoms with van der Waals surface area (Å²) in [7, 11) is 0. The van der Waals surface area contributed by atoms with E-state index in [-0.39, 0.29) is 18.9 Å². The molecule has 0 aliphatic carbocycles. The molecule has 0 saturated heterocycles. The van der Waals surface area contributed by atoms with Crippen LogP contribution in [0.1, 0.15) is 37.8 Å². The summed E-state index contributed by atoms with van der Waals surface area (Å²) >= 11 is 0. The van der Waals surface area contributed by atoms with Gasteiger partial charge in [0, 0.05) is 6.54 Å². The molecular weight excluding hydrogens is 283 g/mol. The first-order valence-electron chi connectivity index (χ1n) is 6.85. The summed E-state index contributed by atoms with van der Waals surface area (Å²) in [6.07, 6.45) is -3.35. The zero-order chi connectivity index (χ0) is 16.1. The zero-order valence-electron chi connectivity index (χ0n) is 12.1. The third-order valence-corrected chi connectivity index (χ3v) is 3.58. The number of alkyl halides is 3. The molecule has 1 amide bonds. The normalized spacial score (nSPS) is 12.3. The number of carbonyl (C=O) groups is 1. The maximum Gasteiger partial charge on any atom is 0.416 e. The molecular formula is C15H20F3NO2. The van der Waals surface area contributed by atoms with Crippen LogP contribution in [0.5, 0.6) is 0 Å². The summed E-state index contributed by atoms with van der Waals surface area (Å²) in [6.45, 7) is 3.79. The van der Waals surface area contributed by atoms with Crippen LogP contribution in [0.25, 0.3) is 0 Å². The fourth-order valence-electron chi connectivity index (χ4n) is 1.82. The van der Waals surface area contributed by atoms with E-state index in [2.05, 4.69) is 5.32 Å². The van der Waals surface area contributed by atoms with Crippen molar-refractivity contribution >= 4 is 5.91 Å². The fourth-order valence-corrected chi connectivity index (χ4v) is 1.82. The molecule has 0 radical (unpaired) electrons. The van der Waals surface area contributed by atoms with Crippen molar-refractivity contribution in [3.63, 3.8) is 0 Å². The first-order valence-corrected chi connectivity index (χ1v) is 6.85. The third kappa shape index (κ3) is 5.38. The van der Waals surface area contributed by atoms with E-state index >= 15 is 0 Å². The number of amides is 1. The van der Waals surface area contributed by atoms with Gasteiger partial charge in [-0.2, -0.15) is 13.2 Å². The molecule has 1 rings (SSSR count). The number of rotatable bonds is 6. The second kappa shape index (κ2) is 6.93. The Morgan fingerprint density at radius 2 is 1.67 bits per heavy atom. The number of hydrogen-bond donors (Lipinski definition) is 2. The topological polar surface area (TPSA) is 49.3 Å². The number of hydrogen-bond acceptors (Lipinski definition) is 2. The average Bonchev–Trinajstić information content (AvgIpc) is 2.44. The summed E-state index contributed by atoms with van der Waals surface area (Å²) in [5.41, 5.74) is -1.18. The molecule has 0 saturated carbocycles. The Morgan fingerprint density at radius 3 is 2.10 bits per heavy atom. The largest absolute Gasteiger partial charge is 0.416 e. The lowest BCUT2D eigenvalue weighted by Gasteiger charge is -2.25. The van der Waals surface area contributed by atoms with Gasteiger partial charge in [-0.1, -0.05) is 26.0 Å². The summed E-state index contributed by atoms with van der Waals surface area (Å²) in [5, 5.41) is 12.6. The summed E-state index contributed by atoms with van der Waals surface area (Å²) in [4.78, 5) is 11.7. The van der Waals surface area contributed by atoms with Crippen molar-refractivity contribution in [1.82, 2.24) is 5.32 Å². The van der Waals surface area contributed by atoms with Crippen molar-refractivity contribution in [3.05, 3.63) is 35.4 Å². The molecule has 1 aromatic rings. The van der Waals surface area contributed by atoms with Crippen LogP contribution >= 0.6 is 0 Å². The molecule has 118 valence electrons. The van der Waals surface area contributed by atoms with Crippen LogP contribution in [-0.2, 0) is 17.4 Å². The number of aliphatic hydroxyl groups is 1. The lowest BCUT2D eigenvalue weighted by molar-refractivity contribution is -0.137. The highest BCUT2D eigenvalue weighted by Crippen LogP contribution is 2.29. The van der Waals surface area contributed by atoms with Gasteiger partial charge in [0.15, 0.2) is 0 Å². The number of nitrogens with one attached hydrogen (secondary N) is 1. The molecule has 0 aliphatic heterocycles. The summed E-state index contributed by atoms with van der Waals surface area (Å²) < 4.78 is 37.2. The molecule has 2 N–H and O–H groups in total. The average molecular weight is 303 g/mol. The highest BCUT2D eigenvalue weighted by molar-refractivity contribution is 5.78. The van der Waals surface area contributed by atoms with Gasteiger partial charge >= 0.3 is 6.18 Å². The van der Waals surface area contributed by atoms with Crippen LogP contribution in [0.4, 0.5) is 13.2 Å². The number of carbonyl (C=O) groups excluding carboxylic acids is 1. The predicted octanol–water partition coefficient (Wildman–Crippen LogP) is 2.92. The molecule has 6 heteroatoms. The van der Waals surface area contributed by atoms with Gasteiger partial charge in [0.1, 0.15) is 0 Å². The number of halogens is 3. The zero-order valence-corrected chi connectivity index (χ0v) is 12.1. The van der Waals surface area contributed by atoms with E-state index in [1.807, 2.05) is 13.8 Å². The van der Waals surface area contributed by atoms with Gasteiger partial charge < -0.3 is 10.4 Å². The Bertz CT molecular complexity index is 465. The van der Waals surface area contributed by atoms with Crippen LogP contribution in [-0.4, -0.2) is 23.2 Å². The van der Waals surface area contributed by atoms with Crippen molar-refractivity contribution in [2.24, 2.45) is 0 Å². The lowest BCUT2D eigenvalue weighted by atomic mass is 9.97. The van der Waals surface area contributed by atoms with Crippen LogP contribution in [0.3, 0.4) is 0 Å². The maximum atomic E-state index is 12.4. The van der Waals surface area contributed by atoms with E-state index in [0.29, 0.717) is 18.4 Å². The first kappa shape index (κ1) is 17.5. The van der Waals surface area contributed by atoms with Gasteiger partial charge in [0.05, 0.1) is 17.6 Å². The van der Waals surface area contributed by atoms with E-state index in [4.69, 9.17) is 0 Å². The molecule has 0 spiro atoms. The summed E-state index contributed by atoms with van der Waals surface area (Å²) in [6, 6.07) is 4.48. The lowest BCUT2D eigenvalue weighted by Crippen LogP contribution is -2.42. The van der Waals surface area contributed by atoms with Gasteiger partial charge in [0.25, 0.3) is 0 Å². The molecule has 0 fully saturated rings. The Morgan fingerprint density at radius 1 is 1.14 bits per heavy atom. The van der Waals surface area contributed by atoms with Crippen molar-refractivity contribution in [2.45, 2.75) is 44.9 Å². The Balaban J connectivity index is 2.56. The standard InChI is InChI=1S/C15H20F3NO2/c1-3-14(21,4-2)10-19-13(20)9-11-5-7-12(8-6-11)15(16,17)18/h5-8,21H,3-4,9-10H2,1-2H3,(H,19,20). The quantitative estimate of drug-likeness (QED) is 0.849. The molecule has 0 aromatic heterocycles. The van der Waals surface area contributed by atoms with Crippen LogP contribution in [0, 0.1) is 0 Å². The van der Waals surface area contributed by atoms with Crippen LogP contribution in [0.15, 0.2) is 24.3 Å². The fraction of sp³-hybridized carbons (Fsp3) is 0.533. The van der Waals surface area contributed by atoms with E-state index in [0.717, 1.165) is 12.1 Å². The van der Waals surface area contributed by atoms with Gasteiger partial charge in [-0.15, -0.1) is 0 Å². The van der Waals surface area contributed by atoms with E-state index < -0.39 is 17.3 Å². The van der Waals surface area contributed by atoms with Crippen molar-refractivity contribution in [2.75, 3.05) is 6.54 Å². The van der Waals surface area contributed by atoms with Gasteiger partial charge in [0.2, 0.25) is 5.91 Å². The number of benzene rings is 1. The molecule has 0 atom stereocenters. The second-order valence-corrected chi connectivity index (χ2v) is 5.08. The Labute approximate surface area is 122 Å². The molecule has 0 bridgehead atoms. The van der Waals surface area contributed by atoms with Crippen molar-refractivity contribution < 1.29 is 23.1 Å². The Kier molecular flexibility index (Phi) is 5.78. The van der Waals surface area contributed by atoms with E-state index in [1.54, 1.807) is 0 Å². The molecule has 0 aliphatic rings. The molecule has 0 unspecified atom stereocenters. The SMILES string of the molecule is CCC(O)(CC)CNC(=O)Cc1ccc(C(F)(F)F)cc1. The second-order valence-electron chi connectivity index (χ2n) is 5.08. The maximum absolute atomic E-state index is 12.4. The van der Waals surface area contributed by atoms with E-state index in [1.165, 1.54) is 12.1 Å². The molecule has 21 heavy (non-hydrogen) atoms. The van der Waals surface area contributed by atoms with Gasteiger partial charge in [-0.25, -0.2) is 0 Å². The summed E-state index contributed by atoms with van der Waals surface area (Å²) in [5.74, 6) is -0.324. The third-order valence-electron chi connectivity index (χ3n) is 3.58. The smallest absolute Gasteiger partial charge is 0.388 e. The monoisotopic (exact) mass is 303 g/mol. The molecule has 3 nitrogen and oxygen atoms in total. The highest BCUT2D eigenvalue weighted by atomic mass is 19.4. The van der Waals surface area contributed by atoms with Crippen molar-refractivity contribution in [3.8, 4) is 0 Å². The predicted molar refractivity (Wildman–Crippen MR) is 73.7 cm³/mol. The molecule has 1 aromatic carbocycles. The Hall–Kier alpha value is -1.56. The van der Waals surface area contributed by atoms with E-state index in [9.17, 15) is 23.1 Å². The minimum Gasteiger partial charge on any atom is -0.388 e. The van der Waals surface area contributed by atoms with Crippen LogP contribution in [0.2, 0.25) is 0 Å². The van der Waals surface area contributed by atoms with Gasteiger partial charge in [-0.3, -0.25) is 4.79 Å². The minimum absolute atomic E-state index is 0.0123. The van der Waals surface area contributed by atoms with Crippen LogP contribution < -0.4 is 5.32 Å². The highest BCUT2D eigenvalue weighted by Gasteiger charge is 2.30. The van der Waals surface area contributed by atoms with Gasteiger partial charge in [-0.05, 0) is 30.5 Å².